The summed E-state index contributed by atoms with van der Waals surface area (Å²) in [6.07, 6.45) is 102. The minimum absolute atomic E-state index is 0.0624. The molecule has 0 spiro atoms. The van der Waals surface area contributed by atoms with Crippen LogP contribution in [-0.2, 0) is 4.79 Å². The normalized spacial score (nSPS) is 13.3. The van der Waals surface area contributed by atoms with Crippen LogP contribution in [0.25, 0.3) is 0 Å². The van der Waals surface area contributed by atoms with E-state index >= 15 is 0 Å². The first-order chi connectivity index (χ1) is 38.7. The molecule has 0 aliphatic rings. The highest BCUT2D eigenvalue weighted by molar-refractivity contribution is 5.76. The van der Waals surface area contributed by atoms with Gasteiger partial charge in [0, 0.05) is 6.42 Å². The van der Waals surface area contributed by atoms with Crippen molar-refractivity contribution in [2.75, 3.05) is 6.61 Å². The van der Waals surface area contributed by atoms with Crippen LogP contribution >= 0.6 is 0 Å². The van der Waals surface area contributed by atoms with Gasteiger partial charge in [0.15, 0.2) is 0 Å². The average molecular weight is 1080 g/mol. The van der Waals surface area contributed by atoms with E-state index in [1.165, 1.54) is 257 Å². The van der Waals surface area contributed by atoms with Gasteiger partial charge >= 0.3 is 0 Å². The van der Waals surface area contributed by atoms with Gasteiger partial charge < -0.3 is 15.5 Å². The lowest BCUT2D eigenvalue weighted by Gasteiger charge is -2.20. The summed E-state index contributed by atoms with van der Waals surface area (Å²) < 4.78 is 0. The van der Waals surface area contributed by atoms with Gasteiger partial charge in [-0.25, -0.2) is 0 Å². The Morgan fingerprint density at radius 3 is 0.846 bits per heavy atom. The zero-order chi connectivity index (χ0) is 56.2. The van der Waals surface area contributed by atoms with E-state index in [1.807, 2.05) is 6.08 Å². The molecule has 78 heavy (non-hydrogen) atoms. The van der Waals surface area contributed by atoms with E-state index in [1.54, 1.807) is 6.08 Å². The Morgan fingerprint density at radius 1 is 0.321 bits per heavy atom. The van der Waals surface area contributed by atoms with E-state index < -0.39 is 12.1 Å². The highest BCUT2D eigenvalue weighted by atomic mass is 16.3. The highest BCUT2D eigenvalue weighted by Gasteiger charge is 2.18. The zero-order valence-electron chi connectivity index (χ0n) is 52.2. The third-order valence-electron chi connectivity index (χ3n) is 15.6. The minimum atomic E-state index is -0.845. The maximum absolute atomic E-state index is 12.5. The predicted octanol–water partition coefficient (Wildman–Crippen LogP) is 23.6. The van der Waals surface area contributed by atoms with E-state index in [2.05, 4.69) is 104 Å². The third kappa shape index (κ3) is 64.1. The molecule has 0 fully saturated rings. The highest BCUT2D eigenvalue weighted by Crippen LogP contribution is 2.18. The lowest BCUT2D eigenvalue weighted by atomic mass is 10.0. The Morgan fingerprint density at radius 2 is 0.564 bits per heavy atom. The molecule has 0 bridgehead atoms. The Kier molecular flexibility index (Phi) is 66.2. The quantitative estimate of drug-likeness (QED) is 0.0420. The molecule has 0 radical (unpaired) electrons. The van der Waals surface area contributed by atoms with Gasteiger partial charge in [0.05, 0.1) is 18.8 Å². The summed E-state index contributed by atoms with van der Waals surface area (Å²) in [7, 11) is 0. The molecule has 0 aromatic carbocycles. The van der Waals surface area contributed by atoms with Crippen LogP contribution in [0, 0.1) is 0 Å². The molecule has 4 heteroatoms. The van der Waals surface area contributed by atoms with Crippen LogP contribution in [0.1, 0.15) is 348 Å². The third-order valence-corrected chi connectivity index (χ3v) is 15.6. The summed E-state index contributed by atoms with van der Waals surface area (Å²) in [5.41, 5.74) is 0. The zero-order valence-corrected chi connectivity index (χ0v) is 52.2. The van der Waals surface area contributed by atoms with Crippen LogP contribution in [-0.4, -0.2) is 34.9 Å². The SMILES string of the molecule is CC/C=C\C/C=C\C/C=C\C/C=C\C/C=C\C/C=C\C/C=C\CCCCCCCCCCCCCCCCCC(=O)NC(CO)C(O)/C=C/CCCCCCCCCCCCCCCCCCCCCCCCCCCCC. The van der Waals surface area contributed by atoms with Crippen molar-refractivity contribution in [1.82, 2.24) is 5.32 Å². The largest absolute Gasteiger partial charge is 0.394 e. The van der Waals surface area contributed by atoms with Gasteiger partial charge in [-0.2, -0.15) is 0 Å². The Labute approximate surface area is 487 Å². The van der Waals surface area contributed by atoms with E-state index in [9.17, 15) is 15.0 Å². The number of carbonyl (C=O) groups is 1. The molecule has 2 atom stereocenters. The molecule has 0 aliphatic carbocycles. The number of nitrogens with one attached hydrogen (secondary N) is 1. The smallest absolute Gasteiger partial charge is 0.220 e. The van der Waals surface area contributed by atoms with Crippen molar-refractivity contribution in [3.8, 4) is 0 Å². The van der Waals surface area contributed by atoms with Gasteiger partial charge in [0.1, 0.15) is 0 Å². The molecule has 0 saturated carbocycles. The second kappa shape index (κ2) is 68.6. The van der Waals surface area contributed by atoms with Gasteiger partial charge in [-0.3, -0.25) is 4.79 Å². The van der Waals surface area contributed by atoms with E-state index in [-0.39, 0.29) is 12.5 Å². The van der Waals surface area contributed by atoms with Crippen molar-refractivity contribution in [2.45, 2.75) is 360 Å². The fraction of sp³-hybridized carbons (Fsp3) is 0.770. The van der Waals surface area contributed by atoms with Gasteiger partial charge in [0.2, 0.25) is 5.91 Å². The van der Waals surface area contributed by atoms with Crippen molar-refractivity contribution in [1.29, 1.82) is 0 Å². The van der Waals surface area contributed by atoms with E-state index in [4.69, 9.17) is 0 Å². The second-order valence-corrected chi connectivity index (χ2v) is 23.2. The topological polar surface area (TPSA) is 69.6 Å². The van der Waals surface area contributed by atoms with Crippen molar-refractivity contribution in [2.24, 2.45) is 0 Å². The van der Waals surface area contributed by atoms with Gasteiger partial charge in [-0.05, 0) is 77.0 Å². The van der Waals surface area contributed by atoms with Crippen LogP contribution in [0.4, 0.5) is 0 Å². The summed E-state index contributed by atoms with van der Waals surface area (Å²) in [5.74, 6) is -0.0624. The number of unbranched alkanes of at least 4 members (excludes halogenated alkanes) is 42. The average Bonchev–Trinajstić information content (AvgIpc) is 3.44. The minimum Gasteiger partial charge on any atom is -0.394 e. The van der Waals surface area contributed by atoms with E-state index in [0.717, 1.165) is 70.6 Å². The molecule has 0 aliphatic heterocycles. The predicted molar refractivity (Wildman–Crippen MR) is 350 cm³/mol. The van der Waals surface area contributed by atoms with Crippen LogP contribution in [0.3, 0.4) is 0 Å². The molecule has 1 amide bonds. The number of amides is 1. The van der Waals surface area contributed by atoms with Gasteiger partial charge in [-0.1, -0.05) is 361 Å². The molecule has 0 heterocycles. The summed E-state index contributed by atoms with van der Waals surface area (Å²) in [6, 6.07) is -0.629. The number of rotatable bonds is 63. The number of carbonyl (C=O) groups excluding carboxylic acids is 1. The molecule has 3 N–H and O–H groups in total. The van der Waals surface area contributed by atoms with Crippen LogP contribution in [0.5, 0.6) is 0 Å². The maximum Gasteiger partial charge on any atom is 0.220 e. The lowest BCUT2D eigenvalue weighted by molar-refractivity contribution is -0.123. The molecule has 2 unspecified atom stereocenters. The van der Waals surface area contributed by atoms with Gasteiger partial charge in [-0.15, -0.1) is 0 Å². The molecular weight excluding hydrogens is 951 g/mol. The van der Waals surface area contributed by atoms with Crippen LogP contribution in [0.2, 0.25) is 0 Å². The van der Waals surface area contributed by atoms with Crippen LogP contribution < -0.4 is 5.32 Å². The fourth-order valence-corrected chi connectivity index (χ4v) is 10.4. The molecule has 452 valence electrons. The first-order valence-electron chi connectivity index (χ1n) is 34.5. The molecular formula is C74H133NO3. The standard InChI is InChI=1S/C74H133NO3/c1-3-5-7-9-11-13-15-17-19-21-23-25-27-29-31-33-34-35-36-37-38-39-40-42-44-46-48-50-52-54-56-58-60-62-64-66-68-70-74(78)75-72(71-76)73(77)69-67-65-63-61-59-57-55-53-51-49-47-45-43-41-32-30-28-26-24-22-20-18-16-14-12-10-8-6-4-2/h5,7,11,13,17,19,23,25,29,31,34-35,37-38,67,69,72-73,76-77H,3-4,6,8-10,12,14-16,18,20-22,24,26-28,30,32-33,36,39-66,68,70-71H2,1-2H3,(H,75,78)/b7-5-,13-11-,19-17-,25-23-,31-29-,35-34-,38-37-,69-67+. The molecule has 0 saturated heterocycles. The number of aliphatic hydroxyl groups is 2. The number of allylic oxidation sites excluding steroid dienone is 15. The summed E-state index contributed by atoms with van der Waals surface area (Å²) >= 11 is 0. The van der Waals surface area contributed by atoms with Gasteiger partial charge in [0.25, 0.3) is 0 Å². The first kappa shape index (κ1) is 75.3. The molecule has 0 aromatic heterocycles. The fourth-order valence-electron chi connectivity index (χ4n) is 10.4. The summed E-state index contributed by atoms with van der Waals surface area (Å²) in [6.45, 7) is 4.22. The Hall–Kier alpha value is -2.69. The summed E-state index contributed by atoms with van der Waals surface area (Å²) in [4.78, 5) is 12.5. The maximum atomic E-state index is 12.5. The molecule has 4 nitrogen and oxygen atoms in total. The Balaban J connectivity index is 3.49. The van der Waals surface area contributed by atoms with Crippen molar-refractivity contribution < 1.29 is 15.0 Å². The molecule has 0 rings (SSSR count). The number of aliphatic hydroxyl groups excluding tert-OH is 2. The molecule has 0 aromatic rings. The van der Waals surface area contributed by atoms with Crippen molar-refractivity contribution in [3.05, 3.63) is 97.2 Å². The van der Waals surface area contributed by atoms with Crippen molar-refractivity contribution >= 4 is 5.91 Å². The monoisotopic (exact) mass is 1080 g/mol. The second-order valence-electron chi connectivity index (χ2n) is 23.2. The van der Waals surface area contributed by atoms with E-state index in [0.29, 0.717) is 6.42 Å². The Bertz CT molecular complexity index is 1420. The first-order valence-corrected chi connectivity index (χ1v) is 34.5. The van der Waals surface area contributed by atoms with Crippen LogP contribution in [0.15, 0.2) is 97.2 Å². The van der Waals surface area contributed by atoms with Crippen molar-refractivity contribution in [3.63, 3.8) is 0 Å². The summed E-state index contributed by atoms with van der Waals surface area (Å²) in [5, 5.41) is 23.3. The lowest BCUT2D eigenvalue weighted by Crippen LogP contribution is -2.45. The number of hydrogen-bond donors (Lipinski definition) is 3. The number of hydrogen-bond acceptors (Lipinski definition) is 3.